The van der Waals surface area contributed by atoms with Crippen molar-refractivity contribution in [2.24, 2.45) is 0 Å². The van der Waals surface area contributed by atoms with Crippen molar-refractivity contribution < 1.29 is 32.5 Å². The Morgan fingerprint density at radius 1 is 1.12 bits per heavy atom. The number of halogens is 3. The average molecular weight is 366 g/mol. The minimum atomic E-state index is -4.60. The van der Waals surface area contributed by atoms with Gasteiger partial charge < -0.3 is 14.6 Å². The van der Waals surface area contributed by atoms with E-state index in [0.717, 1.165) is 22.7 Å². The van der Waals surface area contributed by atoms with E-state index in [2.05, 4.69) is 4.98 Å². The molecule has 0 saturated heterocycles. The number of carboxylic acid groups (broad SMARTS) is 1. The summed E-state index contributed by atoms with van der Waals surface area (Å²) in [5.41, 5.74) is -0.864. The number of aromatic carboxylic acids is 1. The summed E-state index contributed by atoms with van der Waals surface area (Å²) in [5, 5.41) is 9.54. The molecular formula is C17H13F3N2O4. The van der Waals surface area contributed by atoms with Crippen LogP contribution in [-0.4, -0.2) is 34.7 Å². The third kappa shape index (κ3) is 2.92. The van der Waals surface area contributed by atoms with Gasteiger partial charge >= 0.3 is 12.1 Å². The maximum absolute atomic E-state index is 12.9. The summed E-state index contributed by atoms with van der Waals surface area (Å²) in [5.74, 6) is -0.632. The van der Waals surface area contributed by atoms with Crippen LogP contribution in [-0.2, 0) is 6.18 Å². The topological polar surface area (TPSA) is 73.1 Å². The predicted octanol–water partition coefficient (Wildman–Crippen LogP) is 3.74. The first kappa shape index (κ1) is 17.6. The molecule has 2 aromatic heterocycles. The van der Waals surface area contributed by atoms with E-state index < -0.39 is 17.7 Å². The second-order valence-corrected chi connectivity index (χ2v) is 5.33. The first-order valence-corrected chi connectivity index (χ1v) is 7.31. The van der Waals surface area contributed by atoms with Crippen LogP contribution in [0, 0.1) is 0 Å². The highest BCUT2D eigenvalue weighted by molar-refractivity contribution is 5.95. The Morgan fingerprint density at radius 2 is 1.81 bits per heavy atom. The van der Waals surface area contributed by atoms with Crippen LogP contribution in [0.5, 0.6) is 11.5 Å². The van der Waals surface area contributed by atoms with Crippen molar-refractivity contribution >= 4 is 11.6 Å². The molecule has 0 unspecified atom stereocenters. The number of nitrogens with zero attached hydrogens (tertiary/aromatic N) is 2. The zero-order valence-electron chi connectivity index (χ0n) is 13.7. The van der Waals surface area contributed by atoms with Gasteiger partial charge in [-0.15, -0.1) is 0 Å². The van der Waals surface area contributed by atoms with Crippen molar-refractivity contribution in [2.45, 2.75) is 6.18 Å². The Labute approximate surface area is 145 Å². The number of alkyl halides is 3. The molecule has 3 rings (SSSR count). The molecule has 0 spiro atoms. The smallest absolute Gasteiger partial charge is 0.417 e. The van der Waals surface area contributed by atoms with Crippen LogP contribution >= 0.6 is 0 Å². The fraction of sp³-hybridized carbons (Fsp3) is 0.176. The van der Waals surface area contributed by atoms with Crippen LogP contribution in [0.4, 0.5) is 13.2 Å². The van der Waals surface area contributed by atoms with Crippen LogP contribution in [0.1, 0.15) is 16.1 Å². The molecule has 0 fully saturated rings. The molecule has 1 aromatic carbocycles. The fourth-order valence-corrected chi connectivity index (χ4v) is 2.60. The van der Waals surface area contributed by atoms with Crippen molar-refractivity contribution in [3.63, 3.8) is 0 Å². The van der Waals surface area contributed by atoms with E-state index in [9.17, 15) is 23.1 Å². The molecule has 0 aliphatic rings. The Kier molecular flexibility index (Phi) is 4.23. The van der Waals surface area contributed by atoms with Gasteiger partial charge in [0.15, 0.2) is 17.2 Å². The number of fused-ring (bicyclic) bond motifs is 1. The molecule has 1 N–H and O–H groups in total. The molecule has 0 aliphatic carbocycles. The van der Waals surface area contributed by atoms with E-state index in [1.54, 1.807) is 12.1 Å². The van der Waals surface area contributed by atoms with Gasteiger partial charge in [0.25, 0.3) is 0 Å². The lowest BCUT2D eigenvalue weighted by Crippen LogP contribution is -2.09. The molecule has 2 heterocycles. The van der Waals surface area contributed by atoms with Crippen LogP contribution in [0.25, 0.3) is 16.9 Å². The summed E-state index contributed by atoms with van der Waals surface area (Å²) in [6, 6.07) is 6.61. The minimum Gasteiger partial charge on any atom is -0.493 e. The van der Waals surface area contributed by atoms with Crippen LogP contribution in [0.2, 0.25) is 0 Å². The Hall–Kier alpha value is -3.23. The number of benzene rings is 1. The maximum atomic E-state index is 12.9. The number of hydrogen-bond donors (Lipinski definition) is 1. The lowest BCUT2D eigenvalue weighted by Gasteiger charge is -2.09. The highest BCUT2D eigenvalue weighted by Gasteiger charge is 2.32. The first-order chi connectivity index (χ1) is 12.3. The molecule has 3 aromatic rings. The predicted molar refractivity (Wildman–Crippen MR) is 85.7 cm³/mol. The average Bonchev–Trinajstić information content (AvgIpc) is 2.99. The minimum absolute atomic E-state index is 0.0257. The van der Waals surface area contributed by atoms with Gasteiger partial charge in [0.2, 0.25) is 0 Å². The zero-order valence-corrected chi connectivity index (χ0v) is 13.7. The molecule has 0 atom stereocenters. The SMILES string of the molecule is COc1ccc(-c2nc3ccc(C(F)(F)F)cn3c2C(=O)O)cc1OC. The number of aromatic nitrogens is 2. The third-order valence-corrected chi connectivity index (χ3v) is 3.81. The van der Waals surface area contributed by atoms with Crippen LogP contribution in [0.3, 0.4) is 0 Å². The number of hydrogen-bond acceptors (Lipinski definition) is 4. The number of rotatable bonds is 4. The number of methoxy groups -OCH3 is 2. The van der Waals surface area contributed by atoms with Gasteiger partial charge in [-0.05, 0) is 30.3 Å². The summed E-state index contributed by atoms with van der Waals surface area (Å²) >= 11 is 0. The molecule has 9 heteroatoms. The quantitative estimate of drug-likeness (QED) is 0.762. The van der Waals surface area contributed by atoms with Crippen LogP contribution < -0.4 is 9.47 Å². The summed E-state index contributed by atoms with van der Waals surface area (Å²) in [4.78, 5) is 15.9. The molecule has 0 aliphatic heterocycles. The van der Waals surface area contributed by atoms with E-state index in [-0.39, 0.29) is 17.0 Å². The molecule has 0 amide bonds. The number of imidazole rings is 1. The summed E-state index contributed by atoms with van der Waals surface area (Å²) < 4.78 is 50.1. The second kappa shape index (κ2) is 6.25. The number of carboxylic acids is 1. The second-order valence-electron chi connectivity index (χ2n) is 5.33. The number of ether oxygens (including phenoxy) is 2. The third-order valence-electron chi connectivity index (χ3n) is 3.81. The van der Waals surface area contributed by atoms with Gasteiger partial charge in [0, 0.05) is 11.8 Å². The summed E-state index contributed by atoms with van der Waals surface area (Å²) in [6.45, 7) is 0. The Balaban J connectivity index is 2.26. The molecule has 136 valence electrons. The molecule has 6 nitrogen and oxygen atoms in total. The highest BCUT2D eigenvalue weighted by atomic mass is 19.4. The van der Waals surface area contributed by atoms with E-state index >= 15 is 0 Å². The fourth-order valence-electron chi connectivity index (χ4n) is 2.60. The van der Waals surface area contributed by atoms with E-state index in [0.29, 0.717) is 17.1 Å². The normalized spacial score (nSPS) is 11.6. The molecule has 0 bridgehead atoms. The van der Waals surface area contributed by atoms with Crippen molar-refractivity contribution in [1.82, 2.24) is 9.38 Å². The van der Waals surface area contributed by atoms with Gasteiger partial charge in [-0.25, -0.2) is 9.78 Å². The van der Waals surface area contributed by atoms with Gasteiger partial charge in [-0.3, -0.25) is 4.40 Å². The number of pyridine rings is 1. The molecule has 0 radical (unpaired) electrons. The van der Waals surface area contributed by atoms with Crippen molar-refractivity contribution in [2.75, 3.05) is 14.2 Å². The monoisotopic (exact) mass is 366 g/mol. The van der Waals surface area contributed by atoms with Crippen molar-refractivity contribution in [1.29, 1.82) is 0 Å². The zero-order chi connectivity index (χ0) is 19.1. The van der Waals surface area contributed by atoms with Crippen LogP contribution in [0.15, 0.2) is 36.5 Å². The van der Waals surface area contributed by atoms with Crippen molar-refractivity contribution in [3.8, 4) is 22.8 Å². The molecular weight excluding hydrogens is 353 g/mol. The lowest BCUT2D eigenvalue weighted by atomic mass is 10.1. The van der Waals surface area contributed by atoms with Gasteiger partial charge in [0.1, 0.15) is 11.3 Å². The van der Waals surface area contributed by atoms with E-state index in [1.807, 2.05) is 0 Å². The molecule has 26 heavy (non-hydrogen) atoms. The van der Waals surface area contributed by atoms with Gasteiger partial charge in [-0.2, -0.15) is 13.2 Å². The van der Waals surface area contributed by atoms with Crippen molar-refractivity contribution in [3.05, 3.63) is 47.8 Å². The van der Waals surface area contributed by atoms with E-state index in [4.69, 9.17) is 9.47 Å². The Morgan fingerprint density at radius 3 is 2.38 bits per heavy atom. The molecule has 0 saturated carbocycles. The first-order valence-electron chi connectivity index (χ1n) is 7.31. The summed E-state index contributed by atoms with van der Waals surface area (Å²) in [7, 11) is 2.86. The van der Waals surface area contributed by atoms with Gasteiger partial charge in [-0.1, -0.05) is 0 Å². The van der Waals surface area contributed by atoms with Gasteiger partial charge in [0.05, 0.1) is 19.8 Å². The lowest BCUT2D eigenvalue weighted by molar-refractivity contribution is -0.137. The van der Waals surface area contributed by atoms with E-state index in [1.165, 1.54) is 20.3 Å². The largest absolute Gasteiger partial charge is 0.493 e. The Bertz CT molecular complexity index is 996. The summed E-state index contributed by atoms with van der Waals surface area (Å²) in [6.07, 6.45) is -3.88. The standard InChI is InChI=1S/C17H13F3N2O4/c1-25-11-5-3-9(7-12(11)26-2)14-15(16(23)24)22-8-10(17(18,19)20)4-6-13(22)21-14/h3-8H,1-2H3,(H,23,24). The highest BCUT2D eigenvalue weighted by Crippen LogP contribution is 2.35. The number of carbonyl (C=O) groups is 1. The maximum Gasteiger partial charge on any atom is 0.417 e.